The molecule has 0 unspecified atom stereocenters. The molecule has 1 fully saturated rings. The molecule has 5 nitrogen and oxygen atoms in total. The van der Waals surface area contributed by atoms with Crippen LogP contribution in [0.1, 0.15) is 12.5 Å². The number of thioether (sulfide) groups is 1. The first kappa shape index (κ1) is 24.7. The maximum atomic E-state index is 14.6. The fourth-order valence-corrected chi connectivity index (χ4v) is 3.87. The molecule has 0 spiro atoms. The largest absolute Gasteiger partial charge is 0.378 e. The SMILES string of the molecule is CCNC(=NCc1ccc(N2CCOCC2)c(F)c1)NCCSc1ccccc1.I. The Morgan fingerprint density at radius 1 is 1.13 bits per heavy atom. The van der Waals surface area contributed by atoms with E-state index in [4.69, 9.17) is 4.74 Å². The zero-order valence-electron chi connectivity index (χ0n) is 17.3. The molecule has 2 aromatic rings. The third-order valence-corrected chi connectivity index (χ3v) is 5.55. The molecule has 3 rings (SSSR count). The number of aliphatic imine (C=N–C) groups is 1. The van der Waals surface area contributed by atoms with Gasteiger partial charge in [-0.15, -0.1) is 35.7 Å². The highest BCUT2D eigenvalue weighted by Crippen LogP contribution is 2.22. The third-order valence-electron chi connectivity index (χ3n) is 4.53. The number of guanidine groups is 1. The minimum Gasteiger partial charge on any atom is -0.378 e. The van der Waals surface area contributed by atoms with Gasteiger partial charge in [-0.2, -0.15) is 0 Å². The minimum atomic E-state index is -0.197. The summed E-state index contributed by atoms with van der Waals surface area (Å²) in [6.45, 7) is 6.79. The summed E-state index contributed by atoms with van der Waals surface area (Å²) >= 11 is 1.80. The molecular weight excluding hydrogens is 514 g/mol. The molecule has 0 radical (unpaired) electrons. The van der Waals surface area contributed by atoms with Gasteiger partial charge in [0.2, 0.25) is 0 Å². The molecule has 0 bridgehead atoms. The first-order valence-electron chi connectivity index (χ1n) is 10.1. The van der Waals surface area contributed by atoms with Crippen LogP contribution in [0.2, 0.25) is 0 Å². The molecule has 0 aliphatic carbocycles. The first-order chi connectivity index (χ1) is 14.3. The standard InChI is InChI=1S/C22H29FN4OS.HI/c1-2-24-22(25-10-15-29-19-6-4-3-5-7-19)26-17-18-8-9-21(20(23)16-18)27-11-13-28-14-12-27;/h3-9,16H,2,10-15,17H2,1H3,(H2,24,25,26);1H. The predicted molar refractivity (Wildman–Crippen MR) is 135 cm³/mol. The Kier molecular flexibility index (Phi) is 11.3. The summed E-state index contributed by atoms with van der Waals surface area (Å²) in [5.41, 5.74) is 1.50. The molecule has 1 aliphatic heterocycles. The zero-order valence-corrected chi connectivity index (χ0v) is 20.4. The number of halogens is 2. The number of anilines is 1. The summed E-state index contributed by atoms with van der Waals surface area (Å²) < 4.78 is 19.9. The summed E-state index contributed by atoms with van der Waals surface area (Å²) in [5, 5.41) is 6.58. The van der Waals surface area contributed by atoms with E-state index in [1.54, 1.807) is 17.8 Å². The molecule has 164 valence electrons. The summed E-state index contributed by atoms with van der Waals surface area (Å²) in [6, 6.07) is 15.7. The van der Waals surface area contributed by atoms with E-state index in [1.807, 2.05) is 42.2 Å². The molecule has 30 heavy (non-hydrogen) atoms. The van der Waals surface area contributed by atoms with Crippen molar-refractivity contribution in [2.45, 2.75) is 18.4 Å². The maximum Gasteiger partial charge on any atom is 0.191 e. The molecule has 8 heteroatoms. The van der Waals surface area contributed by atoms with E-state index < -0.39 is 0 Å². The van der Waals surface area contributed by atoms with E-state index in [2.05, 4.69) is 27.8 Å². The molecule has 0 aromatic heterocycles. The number of benzene rings is 2. The van der Waals surface area contributed by atoms with Crippen LogP contribution in [0.25, 0.3) is 0 Å². The number of rotatable bonds is 8. The molecule has 2 aromatic carbocycles. The minimum absolute atomic E-state index is 0. The van der Waals surface area contributed by atoms with Crippen LogP contribution in [0.15, 0.2) is 58.4 Å². The lowest BCUT2D eigenvalue weighted by molar-refractivity contribution is 0.122. The van der Waals surface area contributed by atoms with Crippen LogP contribution in [0, 0.1) is 5.82 Å². The highest BCUT2D eigenvalue weighted by molar-refractivity contribution is 14.0. The molecule has 1 aliphatic rings. The van der Waals surface area contributed by atoms with Gasteiger partial charge in [0.25, 0.3) is 0 Å². The first-order valence-corrected chi connectivity index (χ1v) is 11.1. The lowest BCUT2D eigenvalue weighted by Gasteiger charge is -2.29. The fraction of sp³-hybridized carbons (Fsp3) is 0.409. The Bertz CT molecular complexity index is 788. The van der Waals surface area contributed by atoms with Crippen LogP contribution in [0.3, 0.4) is 0 Å². The number of nitrogens with one attached hydrogen (secondary N) is 2. The molecule has 2 N–H and O–H groups in total. The topological polar surface area (TPSA) is 48.9 Å². The Labute approximate surface area is 199 Å². The van der Waals surface area contributed by atoms with E-state index >= 15 is 0 Å². The van der Waals surface area contributed by atoms with E-state index in [1.165, 1.54) is 4.90 Å². The van der Waals surface area contributed by atoms with Crippen molar-refractivity contribution in [3.63, 3.8) is 0 Å². The third kappa shape index (κ3) is 7.96. The summed E-state index contributed by atoms with van der Waals surface area (Å²) in [4.78, 5) is 7.88. The quantitative estimate of drug-likeness (QED) is 0.172. The van der Waals surface area contributed by atoms with Crippen LogP contribution in [-0.4, -0.2) is 51.1 Å². The second-order valence-electron chi connectivity index (χ2n) is 6.67. The van der Waals surface area contributed by atoms with E-state index in [-0.39, 0.29) is 29.8 Å². The van der Waals surface area contributed by atoms with Gasteiger partial charge in [0.1, 0.15) is 5.82 Å². The van der Waals surface area contributed by atoms with E-state index in [0.29, 0.717) is 25.4 Å². The van der Waals surface area contributed by atoms with Crippen molar-refractivity contribution in [2.24, 2.45) is 4.99 Å². The number of nitrogens with zero attached hydrogens (tertiary/aromatic N) is 2. The average Bonchev–Trinajstić information content (AvgIpc) is 2.76. The summed E-state index contributed by atoms with van der Waals surface area (Å²) in [5.74, 6) is 1.49. The highest BCUT2D eigenvalue weighted by atomic mass is 127. The lowest BCUT2D eigenvalue weighted by Crippen LogP contribution is -2.38. The highest BCUT2D eigenvalue weighted by Gasteiger charge is 2.15. The van der Waals surface area contributed by atoms with Crippen molar-refractivity contribution in [1.82, 2.24) is 10.6 Å². The molecule has 1 heterocycles. The van der Waals surface area contributed by atoms with Crippen molar-refractivity contribution in [3.05, 3.63) is 59.9 Å². The molecule has 0 atom stereocenters. The van der Waals surface area contributed by atoms with Gasteiger partial charge in [0.05, 0.1) is 25.4 Å². The van der Waals surface area contributed by atoms with Crippen LogP contribution in [-0.2, 0) is 11.3 Å². The van der Waals surface area contributed by atoms with E-state index in [9.17, 15) is 4.39 Å². The van der Waals surface area contributed by atoms with Gasteiger partial charge >= 0.3 is 0 Å². The summed E-state index contributed by atoms with van der Waals surface area (Å²) in [7, 11) is 0. The van der Waals surface area contributed by atoms with Crippen molar-refractivity contribution >= 4 is 47.4 Å². The second-order valence-corrected chi connectivity index (χ2v) is 7.84. The van der Waals surface area contributed by atoms with E-state index in [0.717, 1.165) is 43.5 Å². The number of hydrogen-bond donors (Lipinski definition) is 2. The van der Waals surface area contributed by atoms with Gasteiger partial charge in [-0.25, -0.2) is 9.38 Å². The smallest absolute Gasteiger partial charge is 0.191 e. The van der Waals surface area contributed by atoms with Gasteiger partial charge in [0, 0.05) is 36.8 Å². The predicted octanol–water partition coefficient (Wildman–Crippen LogP) is 4.13. The summed E-state index contributed by atoms with van der Waals surface area (Å²) in [6.07, 6.45) is 0. The van der Waals surface area contributed by atoms with Crippen LogP contribution in [0.5, 0.6) is 0 Å². The van der Waals surface area contributed by atoms with Gasteiger partial charge in [0.15, 0.2) is 5.96 Å². The Balaban J connectivity index is 0.00000320. The Morgan fingerprint density at radius 3 is 2.60 bits per heavy atom. The molecule has 0 amide bonds. The van der Waals surface area contributed by atoms with Crippen molar-refractivity contribution in [3.8, 4) is 0 Å². The van der Waals surface area contributed by atoms with Gasteiger partial charge in [-0.3, -0.25) is 0 Å². The van der Waals surface area contributed by atoms with Crippen molar-refractivity contribution in [1.29, 1.82) is 0 Å². The number of hydrogen-bond acceptors (Lipinski definition) is 4. The lowest BCUT2D eigenvalue weighted by atomic mass is 10.1. The molecule has 0 saturated carbocycles. The van der Waals surface area contributed by atoms with Crippen LogP contribution >= 0.6 is 35.7 Å². The van der Waals surface area contributed by atoms with Gasteiger partial charge in [-0.1, -0.05) is 24.3 Å². The van der Waals surface area contributed by atoms with Crippen molar-refractivity contribution in [2.75, 3.05) is 50.0 Å². The Morgan fingerprint density at radius 2 is 1.90 bits per heavy atom. The van der Waals surface area contributed by atoms with Gasteiger partial charge in [-0.05, 0) is 36.8 Å². The molecular formula is C22H30FIN4OS. The second kappa shape index (κ2) is 13.7. The Hall–Kier alpha value is -1.52. The van der Waals surface area contributed by atoms with Gasteiger partial charge < -0.3 is 20.3 Å². The monoisotopic (exact) mass is 544 g/mol. The average molecular weight is 544 g/mol. The normalized spacial score (nSPS) is 14.2. The zero-order chi connectivity index (χ0) is 20.3. The number of ether oxygens (including phenoxy) is 1. The number of morpholine rings is 1. The van der Waals surface area contributed by atoms with Crippen molar-refractivity contribution < 1.29 is 9.13 Å². The maximum absolute atomic E-state index is 14.6. The molecule has 1 saturated heterocycles. The fourth-order valence-electron chi connectivity index (χ4n) is 3.08. The van der Waals surface area contributed by atoms with Crippen LogP contribution < -0.4 is 15.5 Å². The van der Waals surface area contributed by atoms with Crippen LogP contribution in [0.4, 0.5) is 10.1 Å².